The number of nitrogens with one attached hydrogen (secondary N) is 1. The van der Waals surface area contributed by atoms with E-state index in [1.807, 2.05) is 6.92 Å². The van der Waals surface area contributed by atoms with E-state index in [1.54, 1.807) is 0 Å². The van der Waals surface area contributed by atoms with Gasteiger partial charge >= 0.3 is 0 Å². The number of nitrogens with zero attached hydrogens (tertiary/aromatic N) is 2. The van der Waals surface area contributed by atoms with Crippen LogP contribution in [0.15, 0.2) is 17.3 Å². The highest BCUT2D eigenvalue weighted by Gasteiger charge is 2.37. The second kappa shape index (κ2) is 4.15. The van der Waals surface area contributed by atoms with Gasteiger partial charge in [-0.25, -0.2) is 8.42 Å². The molecule has 0 radical (unpaired) electrons. The first kappa shape index (κ1) is 11.6. The summed E-state index contributed by atoms with van der Waals surface area (Å²) in [5.41, 5.74) is 5.58. The molecule has 1 aromatic rings. The summed E-state index contributed by atoms with van der Waals surface area (Å²) in [6.45, 7) is 2.93. The third-order valence-electron chi connectivity index (χ3n) is 3.00. The molecular weight excluding hydrogens is 228 g/mol. The molecule has 1 aliphatic rings. The van der Waals surface area contributed by atoms with E-state index in [4.69, 9.17) is 5.73 Å². The van der Waals surface area contributed by atoms with Crippen molar-refractivity contribution < 1.29 is 8.42 Å². The zero-order chi connectivity index (χ0) is 11.8. The van der Waals surface area contributed by atoms with Gasteiger partial charge in [0.1, 0.15) is 0 Å². The molecule has 2 rings (SSSR count). The topological polar surface area (TPSA) is 92.1 Å². The van der Waals surface area contributed by atoms with E-state index >= 15 is 0 Å². The zero-order valence-corrected chi connectivity index (χ0v) is 9.94. The molecule has 0 saturated carbocycles. The van der Waals surface area contributed by atoms with Crippen molar-refractivity contribution in [2.75, 3.05) is 13.1 Å². The maximum Gasteiger partial charge on any atom is 0.260 e. The second-order valence-electron chi connectivity index (χ2n) is 4.18. The number of sulfonamides is 1. The average molecular weight is 244 g/mol. The van der Waals surface area contributed by atoms with Gasteiger partial charge in [-0.1, -0.05) is 0 Å². The van der Waals surface area contributed by atoms with Crippen LogP contribution in [0.4, 0.5) is 0 Å². The van der Waals surface area contributed by atoms with Crippen LogP contribution < -0.4 is 5.73 Å². The highest BCUT2D eigenvalue weighted by Crippen LogP contribution is 2.27. The molecule has 90 valence electrons. The molecule has 1 saturated heterocycles. The molecule has 1 aromatic heterocycles. The monoisotopic (exact) mass is 244 g/mol. The fourth-order valence-corrected chi connectivity index (χ4v) is 3.75. The SMILES string of the molecule is CC1CC(CN)CN1S(=O)(=O)c1ccn[nH]1. The van der Waals surface area contributed by atoms with Gasteiger partial charge in [0, 0.05) is 12.6 Å². The normalized spacial score (nSPS) is 27.4. The summed E-state index contributed by atoms with van der Waals surface area (Å²) in [4.78, 5) is 0. The van der Waals surface area contributed by atoms with Crippen molar-refractivity contribution in [3.63, 3.8) is 0 Å². The van der Waals surface area contributed by atoms with Gasteiger partial charge in [0.25, 0.3) is 10.0 Å². The minimum absolute atomic E-state index is 0.00171. The molecule has 6 nitrogen and oxygen atoms in total. The fraction of sp³-hybridized carbons (Fsp3) is 0.667. The standard InChI is InChI=1S/C9H16N4O2S/c1-7-4-8(5-10)6-13(7)16(14,15)9-2-3-11-12-9/h2-3,7-8H,4-6,10H2,1H3,(H,11,12). The van der Waals surface area contributed by atoms with Gasteiger partial charge in [0.2, 0.25) is 0 Å². The van der Waals surface area contributed by atoms with Crippen LogP contribution in [-0.2, 0) is 10.0 Å². The van der Waals surface area contributed by atoms with E-state index in [0.29, 0.717) is 13.1 Å². The molecule has 2 unspecified atom stereocenters. The van der Waals surface area contributed by atoms with Crippen LogP contribution in [0, 0.1) is 5.92 Å². The number of hydrogen-bond acceptors (Lipinski definition) is 4. The summed E-state index contributed by atoms with van der Waals surface area (Å²) < 4.78 is 25.9. The Kier molecular flexibility index (Phi) is 3.00. The molecule has 1 fully saturated rings. The van der Waals surface area contributed by atoms with Crippen LogP contribution in [-0.4, -0.2) is 42.1 Å². The predicted molar refractivity (Wildman–Crippen MR) is 59.1 cm³/mol. The predicted octanol–water partition coefficient (Wildman–Crippen LogP) is -0.233. The van der Waals surface area contributed by atoms with Gasteiger partial charge in [0.05, 0.1) is 6.20 Å². The first-order valence-electron chi connectivity index (χ1n) is 5.27. The molecule has 0 aliphatic carbocycles. The summed E-state index contributed by atoms with van der Waals surface area (Å²) in [7, 11) is -3.43. The quantitative estimate of drug-likeness (QED) is 0.768. The van der Waals surface area contributed by atoms with Gasteiger partial charge in [-0.3, -0.25) is 5.10 Å². The summed E-state index contributed by atoms with van der Waals surface area (Å²) in [6, 6.07) is 1.47. The number of aromatic amines is 1. The lowest BCUT2D eigenvalue weighted by atomic mass is 10.1. The van der Waals surface area contributed by atoms with Crippen LogP contribution in [0.25, 0.3) is 0 Å². The molecule has 7 heteroatoms. The Morgan fingerprint density at radius 3 is 2.94 bits per heavy atom. The van der Waals surface area contributed by atoms with Crippen molar-refractivity contribution in [3.8, 4) is 0 Å². The van der Waals surface area contributed by atoms with Crippen LogP contribution >= 0.6 is 0 Å². The van der Waals surface area contributed by atoms with Crippen molar-refractivity contribution in [2.24, 2.45) is 11.7 Å². The molecule has 0 bridgehead atoms. The molecule has 3 N–H and O–H groups in total. The summed E-state index contributed by atoms with van der Waals surface area (Å²) in [5, 5.41) is 6.32. The Morgan fingerprint density at radius 2 is 2.44 bits per heavy atom. The number of rotatable bonds is 3. The van der Waals surface area contributed by atoms with E-state index in [-0.39, 0.29) is 17.0 Å². The summed E-state index contributed by atoms with van der Waals surface area (Å²) in [6.07, 6.45) is 2.26. The van der Waals surface area contributed by atoms with E-state index in [9.17, 15) is 8.42 Å². The molecule has 16 heavy (non-hydrogen) atoms. The minimum atomic E-state index is -3.43. The Morgan fingerprint density at radius 1 is 1.69 bits per heavy atom. The molecule has 2 heterocycles. The van der Waals surface area contributed by atoms with Crippen molar-refractivity contribution in [3.05, 3.63) is 12.3 Å². The highest BCUT2D eigenvalue weighted by molar-refractivity contribution is 7.89. The molecule has 0 amide bonds. The van der Waals surface area contributed by atoms with Crippen LogP contribution in [0.1, 0.15) is 13.3 Å². The Bertz CT molecular complexity index is 442. The maximum atomic E-state index is 12.2. The first-order valence-corrected chi connectivity index (χ1v) is 6.71. The largest absolute Gasteiger partial charge is 0.330 e. The van der Waals surface area contributed by atoms with Gasteiger partial charge in [0.15, 0.2) is 5.03 Å². The molecular formula is C9H16N4O2S. The van der Waals surface area contributed by atoms with E-state index < -0.39 is 10.0 Å². The van der Waals surface area contributed by atoms with Crippen LogP contribution in [0.2, 0.25) is 0 Å². The lowest BCUT2D eigenvalue weighted by Gasteiger charge is -2.19. The number of aromatic nitrogens is 2. The lowest BCUT2D eigenvalue weighted by molar-refractivity contribution is 0.402. The third kappa shape index (κ3) is 1.85. The highest BCUT2D eigenvalue weighted by atomic mass is 32.2. The van der Waals surface area contributed by atoms with Crippen molar-refractivity contribution in [1.82, 2.24) is 14.5 Å². The molecule has 0 aromatic carbocycles. The molecule has 2 atom stereocenters. The summed E-state index contributed by atoms with van der Waals surface area (Å²) in [5.74, 6) is 0.257. The van der Waals surface area contributed by atoms with Crippen molar-refractivity contribution in [2.45, 2.75) is 24.4 Å². The zero-order valence-electron chi connectivity index (χ0n) is 9.13. The van der Waals surface area contributed by atoms with Crippen molar-refractivity contribution in [1.29, 1.82) is 0 Å². The minimum Gasteiger partial charge on any atom is -0.330 e. The Balaban J connectivity index is 2.26. The van der Waals surface area contributed by atoms with Crippen molar-refractivity contribution >= 4 is 10.0 Å². The van der Waals surface area contributed by atoms with Gasteiger partial charge in [-0.15, -0.1) is 0 Å². The van der Waals surface area contributed by atoms with Gasteiger partial charge in [-0.05, 0) is 31.9 Å². The lowest BCUT2D eigenvalue weighted by Crippen LogP contribution is -2.34. The van der Waals surface area contributed by atoms with Crippen LogP contribution in [0.3, 0.4) is 0 Å². The van der Waals surface area contributed by atoms with E-state index in [0.717, 1.165) is 6.42 Å². The Hall–Kier alpha value is -0.920. The smallest absolute Gasteiger partial charge is 0.260 e. The van der Waals surface area contributed by atoms with E-state index in [2.05, 4.69) is 10.2 Å². The molecule has 1 aliphatic heterocycles. The summed E-state index contributed by atoms with van der Waals surface area (Å²) >= 11 is 0. The fourth-order valence-electron chi connectivity index (χ4n) is 2.13. The number of H-pyrrole nitrogens is 1. The number of nitrogens with two attached hydrogens (primary N) is 1. The average Bonchev–Trinajstić information content (AvgIpc) is 2.85. The molecule has 0 spiro atoms. The third-order valence-corrected chi connectivity index (χ3v) is 4.91. The Labute approximate surface area is 94.9 Å². The second-order valence-corrected chi connectivity index (χ2v) is 6.04. The van der Waals surface area contributed by atoms with E-state index in [1.165, 1.54) is 16.6 Å². The maximum absolute atomic E-state index is 12.2. The number of hydrogen-bond donors (Lipinski definition) is 2. The van der Waals surface area contributed by atoms with Gasteiger partial charge < -0.3 is 5.73 Å². The van der Waals surface area contributed by atoms with Crippen LogP contribution in [0.5, 0.6) is 0 Å². The van der Waals surface area contributed by atoms with Gasteiger partial charge in [-0.2, -0.15) is 9.40 Å². The first-order chi connectivity index (χ1) is 7.55.